The van der Waals surface area contributed by atoms with E-state index in [0.717, 1.165) is 11.1 Å². The molecule has 90 valence electrons. The number of nitrogen functional groups attached to an aromatic ring is 1. The molecule has 3 nitrogen and oxygen atoms in total. The molecule has 2 aromatic rings. The summed E-state index contributed by atoms with van der Waals surface area (Å²) in [6, 6.07) is 4.39. The number of aryl methyl sites for hydroxylation is 1. The molecule has 0 amide bonds. The second kappa shape index (κ2) is 5.06. The third kappa shape index (κ3) is 2.30. The van der Waals surface area contributed by atoms with Crippen molar-refractivity contribution in [3.63, 3.8) is 0 Å². The van der Waals surface area contributed by atoms with Gasteiger partial charge in [0.25, 0.3) is 0 Å². The second-order valence-electron chi connectivity index (χ2n) is 3.72. The van der Waals surface area contributed by atoms with Crippen molar-refractivity contribution in [1.29, 1.82) is 0 Å². The lowest BCUT2D eigenvalue weighted by atomic mass is 10.1. The Hall–Kier alpha value is -1.07. The molecule has 5 heteroatoms. The zero-order valence-electron chi connectivity index (χ0n) is 10.1. The van der Waals surface area contributed by atoms with Gasteiger partial charge in [-0.05, 0) is 37.1 Å². The van der Waals surface area contributed by atoms with Gasteiger partial charge in [-0.3, -0.25) is 5.10 Å². The fraction of sp³-hybridized carbons (Fsp3) is 0.250. The first-order chi connectivity index (χ1) is 8.17. The standard InChI is InChI=1S/C12H15N3S2/c1-7-4-11(17-3)8(5-10(7)16-2)9-6-14-15-12(9)13/h4-6H,1-3H3,(H3,13,14,15). The van der Waals surface area contributed by atoms with E-state index in [9.17, 15) is 0 Å². The van der Waals surface area contributed by atoms with Crippen LogP contribution < -0.4 is 5.73 Å². The van der Waals surface area contributed by atoms with E-state index in [0.29, 0.717) is 5.82 Å². The van der Waals surface area contributed by atoms with Gasteiger partial charge in [0.05, 0.1) is 6.20 Å². The maximum Gasteiger partial charge on any atom is 0.126 e. The van der Waals surface area contributed by atoms with Crippen LogP contribution >= 0.6 is 23.5 Å². The molecule has 17 heavy (non-hydrogen) atoms. The van der Waals surface area contributed by atoms with Crippen LogP contribution in [0.5, 0.6) is 0 Å². The Morgan fingerprint density at radius 3 is 2.35 bits per heavy atom. The number of nitrogens with two attached hydrogens (primary N) is 1. The molecule has 0 aliphatic rings. The van der Waals surface area contributed by atoms with E-state index in [1.54, 1.807) is 29.7 Å². The number of hydrogen-bond donors (Lipinski definition) is 2. The molecule has 1 aromatic carbocycles. The number of anilines is 1. The van der Waals surface area contributed by atoms with E-state index in [-0.39, 0.29) is 0 Å². The number of H-pyrrole nitrogens is 1. The molecule has 1 heterocycles. The fourth-order valence-electron chi connectivity index (χ4n) is 1.77. The summed E-state index contributed by atoms with van der Waals surface area (Å²) in [5, 5.41) is 6.77. The van der Waals surface area contributed by atoms with Gasteiger partial charge in [0.1, 0.15) is 5.82 Å². The topological polar surface area (TPSA) is 54.7 Å². The monoisotopic (exact) mass is 265 g/mol. The molecule has 0 fully saturated rings. The molecule has 2 rings (SSSR count). The van der Waals surface area contributed by atoms with Crippen LogP contribution in [0.4, 0.5) is 5.82 Å². The van der Waals surface area contributed by atoms with Crippen LogP contribution in [0, 0.1) is 6.92 Å². The number of aromatic amines is 1. The van der Waals surface area contributed by atoms with Crippen molar-refractivity contribution in [3.8, 4) is 11.1 Å². The molecule has 0 aliphatic carbocycles. The average Bonchev–Trinajstić information content (AvgIpc) is 2.75. The van der Waals surface area contributed by atoms with Crippen LogP contribution in [-0.4, -0.2) is 22.7 Å². The number of rotatable bonds is 3. The lowest BCUT2D eigenvalue weighted by Gasteiger charge is -2.11. The average molecular weight is 265 g/mol. The van der Waals surface area contributed by atoms with Gasteiger partial charge in [0.2, 0.25) is 0 Å². The maximum atomic E-state index is 5.89. The van der Waals surface area contributed by atoms with Crippen LogP contribution in [0.2, 0.25) is 0 Å². The lowest BCUT2D eigenvalue weighted by Crippen LogP contribution is -1.91. The molecule has 0 saturated heterocycles. The van der Waals surface area contributed by atoms with E-state index in [1.165, 1.54) is 15.4 Å². The third-order valence-corrected chi connectivity index (χ3v) is 4.33. The fourth-order valence-corrected chi connectivity index (χ4v) is 3.07. The molecule has 1 aromatic heterocycles. The van der Waals surface area contributed by atoms with E-state index in [4.69, 9.17) is 5.73 Å². The van der Waals surface area contributed by atoms with Crippen molar-refractivity contribution in [1.82, 2.24) is 10.2 Å². The molecule has 0 saturated carbocycles. The van der Waals surface area contributed by atoms with Crippen molar-refractivity contribution in [3.05, 3.63) is 23.9 Å². The normalized spacial score (nSPS) is 10.8. The second-order valence-corrected chi connectivity index (χ2v) is 5.42. The summed E-state index contributed by atoms with van der Waals surface area (Å²) in [5.74, 6) is 0.621. The lowest BCUT2D eigenvalue weighted by molar-refractivity contribution is 1.10. The number of nitrogens with one attached hydrogen (secondary N) is 1. The van der Waals surface area contributed by atoms with Gasteiger partial charge >= 0.3 is 0 Å². The van der Waals surface area contributed by atoms with Crippen LogP contribution in [0.25, 0.3) is 11.1 Å². The summed E-state index contributed by atoms with van der Waals surface area (Å²) >= 11 is 3.48. The van der Waals surface area contributed by atoms with Crippen molar-refractivity contribution in [2.75, 3.05) is 18.2 Å². The molecule has 0 atom stereocenters. The highest BCUT2D eigenvalue weighted by molar-refractivity contribution is 7.99. The number of benzene rings is 1. The van der Waals surface area contributed by atoms with Crippen molar-refractivity contribution in [2.24, 2.45) is 0 Å². The van der Waals surface area contributed by atoms with E-state index in [1.807, 2.05) is 0 Å². The smallest absolute Gasteiger partial charge is 0.126 e. The largest absolute Gasteiger partial charge is 0.384 e. The minimum absolute atomic E-state index is 0.621. The van der Waals surface area contributed by atoms with Gasteiger partial charge < -0.3 is 5.73 Å². The molecule has 0 spiro atoms. The van der Waals surface area contributed by atoms with Gasteiger partial charge in [0.15, 0.2) is 0 Å². The van der Waals surface area contributed by atoms with E-state index >= 15 is 0 Å². The highest BCUT2D eigenvalue weighted by atomic mass is 32.2. The van der Waals surface area contributed by atoms with Crippen LogP contribution in [0.3, 0.4) is 0 Å². The summed E-state index contributed by atoms with van der Waals surface area (Å²) < 4.78 is 0. The van der Waals surface area contributed by atoms with Crippen LogP contribution in [0.1, 0.15) is 5.56 Å². The Bertz CT molecular complexity index is 535. The molecular formula is C12H15N3S2. The first-order valence-corrected chi connectivity index (χ1v) is 7.64. The Kier molecular flexibility index (Phi) is 3.69. The van der Waals surface area contributed by atoms with Crippen LogP contribution in [0.15, 0.2) is 28.1 Å². The predicted molar refractivity (Wildman–Crippen MR) is 76.7 cm³/mol. The Morgan fingerprint density at radius 2 is 1.82 bits per heavy atom. The third-order valence-electron chi connectivity index (χ3n) is 2.68. The highest BCUT2D eigenvalue weighted by Crippen LogP contribution is 2.37. The summed E-state index contributed by atoms with van der Waals surface area (Å²) in [7, 11) is 0. The van der Waals surface area contributed by atoms with Crippen molar-refractivity contribution in [2.45, 2.75) is 16.7 Å². The molecule has 0 bridgehead atoms. The SMILES string of the molecule is CSc1cc(-c2cn[nH]c2N)c(SC)cc1C. The Labute approximate surface area is 110 Å². The molecule has 3 N–H and O–H groups in total. The number of hydrogen-bond acceptors (Lipinski definition) is 4. The first-order valence-electron chi connectivity index (χ1n) is 5.19. The summed E-state index contributed by atoms with van der Waals surface area (Å²) in [4.78, 5) is 2.51. The van der Waals surface area contributed by atoms with Crippen molar-refractivity contribution < 1.29 is 0 Å². The first kappa shape index (κ1) is 12.4. The minimum Gasteiger partial charge on any atom is -0.384 e. The zero-order valence-corrected chi connectivity index (χ0v) is 11.7. The Morgan fingerprint density at radius 1 is 1.12 bits per heavy atom. The number of thioether (sulfide) groups is 2. The Balaban J connectivity index is 2.63. The highest BCUT2D eigenvalue weighted by Gasteiger charge is 2.12. The minimum atomic E-state index is 0.621. The predicted octanol–water partition coefficient (Wildman–Crippen LogP) is 3.41. The molecule has 0 aliphatic heterocycles. The summed E-state index contributed by atoms with van der Waals surface area (Å²) in [6.45, 7) is 2.13. The maximum absolute atomic E-state index is 5.89. The number of nitrogens with zero attached hydrogens (tertiary/aromatic N) is 1. The van der Waals surface area contributed by atoms with Gasteiger partial charge in [-0.1, -0.05) is 0 Å². The zero-order chi connectivity index (χ0) is 12.4. The molecule has 0 unspecified atom stereocenters. The summed E-state index contributed by atoms with van der Waals surface area (Å²) in [5.41, 5.74) is 9.32. The number of aromatic nitrogens is 2. The van der Waals surface area contributed by atoms with Crippen LogP contribution in [-0.2, 0) is 0 Å². The van der Waals surface area contributed by atoms with Gasteiger partial charge in [-0.2, -0.15) is 5.10 Å². The van der Waals surface area contributed by atoms with Crippen molar-refractivity contribution >= 4 is 29.3 Å². The molecule has 0 radical (unpaired) electrons. The van der Waals surface area contributed by atoms with Gasteiger partial charge in [0, 0.05) is 20.9 Å². The van der Waals surface area contributed by atoms with Gasteiger partial charge in [-0.25, -0.2) is 0 Å². The van der Waals surface area contributed by atoms with E-state index in [2.05, 4.69) is 41.8 Å². The quantitative estimate of drug-likeness (QED) is 0.835. The summed E-state index contributed by atoms with van der Waals surface area (Å²) in [6.07, 6.45) is 5.95. The van der Waals surface area contributed by atoms with E-state index < -0.39 is 0 Å². The molecular weight excluding hydrogens is 250 g/mol. The van der Waals surface area contributed by atoms with Gasteiger partial charge in [-0.15, -0.1) is 23.5 Å².